The molecule has 0 spiro atoms. The monoisotopic (exact) mass is 328 g/mol. The minimum atomic E-state index is -2.57. The first kappa shape index (κ1) is 28.7. The van der Waals surface area contributed by atoms with Crippen molar-refractivity contribution in [2.24, 2.45) is 0 Å². The van der Waals surface area contributed by atoms with Crippen molar-refractivity contribution in [3.05, 3.63) is 0 Å². The minimum Gasteiger partial charge on any atom is -0.382 e. The predicted molar refractivity (Wildman–Crippen MR) is 75.9 cm³/mol. The van der Waals surface area contributed by atoms with Crippen LogP contribution in [-0.2, 0) is 4.74 Å². The van der Waals surface area contributed by atoms with Gasteiger partial charge in [0.25, 0.3) is 0 Å². The molecule has 0 aromatic rings. The van der Waals surface area contributed by atoms with Crippen LogP contribution in [0.3, 0.4) is 0 Å². The molecule has 0 aromatic carbocycles. The van der Waals surface area contributed by atoms with Crippen LogP contribution in [0.1, 0.15) is 54.4 Å². The van der Waals surface area contributed by atoms with Gasteiger partial charge in [-0.15, -0.1) is 0 Å². The Balaban J connectivity index is -0.000000104. The fourth-order valence-corrected chi connectivity index (χ4v) is 0.396. The molecule has 0 saturated carbocycles. The SMILES string of the molecule is CCC(C)(F)F.CCF.CCF.CCOCCC(C)(F)F. The summed E-state index contributed by atoms with van der Waals surface area (Å²) in [6, 6.07) is 0. The lowest BCUT2D eigenvalue weighted by atomic mass is 10.3. The van der Waals surface area contributed by atoms with Crippen LogP contribution in [0, 0.1) is 0 Å². The maximum Gasteiger partial charge on any atom is 0.247 e. The Morgan fingerprint density at radius 1 is 0.762 bits per heavy atom. The van der Waals surface area contributed by atoms with Crippen LogP contribution in [0.5, 0.6) is 0 Å². The lowest BCUT2D eigenvalue weighted by Gasteiger charge is -2.08. The van der Waals surface area contributed by atoms with E-state index in [0.29, 0.717) is 6.61 Å². The summed E-state index contributed by atoms with van der Waals surface area (Å²) in [6.45, 7) is 8.13. The molecule has 0 aliphatic heterocycles. The Labute approximate surface area is 125 Å². The molecule has 0 rings (SSSR count). The van der Waals surface area contributed by atoms with Gasteiger partial charge in [-0.05, 0) is 34.6 Å². The van der Waals surface area contributed by atoms with Crippen LogP contribution in [0.25, 0.3) is 0 Å². The van der Waals surface area contributed by atoms with Gasteiger partial charge in [-0.1, -0.05) is 6.92 Å². The molecule has 0 atom stereocenters. The number of hydrogen-bond acceptors (Lipinski definition) is 1. The zero-order valence-corrected chi connectivity index (χ0v) is 13.9. The molecular weight excluding hydrogens is 298 g/mol. The lowest BCUT2D eigenvalue weighted by Crippen LogP contribution is -2.13. The molecule has 0 bridgehead atoms. The smallest absolute Gasteiger partial charge is 0.247 e. The van der Waals surface area contributed by atoms with Crippen LogP contribution in [0.2, 0.25) is 0 Å². The summed E-state index contributed by atoms with van der Waals surface area (Å²) < 4.78 is 72.1. The van der Waals surface area contributed by atoms with Gasteiger partial charge >= 0.3 is 0 Å². The molecule has 0 aliphatic carbocycles. The fraction of sp³-hybridized carbons (Fsp3) is 1.00. The number of alkyl halides is 6. The van der Waals surface area contributed by atoms with Gasteiger partial charge in [0.1, 0.15) is 0 Å². The summed E-state index contributed by atoms with van der Waals surface area (Å²) in [5.74, 6) is -5.03. The van der Waals surface area contributed by atoms with E-state index in [1.807, 2.05) is 0 Å². The second-order valence-electron chi connectivity index (χ2n) is 3.98. The molecule has 0 N–H and O–H groups in total. The number of rotatable bonds is 5. The van der Waals surface area contributed by atoms with E-state index in [1.165, 1.54) is 20.8 Å². The molecule has 0 aromatic heterocycles. The standard InChI is InChI=1S/C6H12F2O.C4H8F2.2C2H5F/c1-3-9-5-4-6(2,7)8;1-3-4(2,5)6;2*1-2-3/h3-5H2,1-2H3;3H2,1-2H3;2*2H2,1H3. The third kappa shape index (κ3) is 82.4. The van der Waals surface area contributed by atoms with Crippen molar-refractivity contribution in [2.45, 2.75) is 66.2 Å². The summed E-state index contributed by atoms with van der Waals surface area (Å²) in [5, 5.41) is 0. The zero-order valence-electron chi connectivity index (χ0n) is 13.9. The second-order valence-corrected chi connectivity index (χ2v) is 3.98. The second kappa shape index (κ2) is 19.5. The van der Waals surface area contributed by atoms with E-state index < -0.39 is 11.8 Å². The third-order valence-corrected chi connectivity index (χ3v) is 1.51. The van der Waals surface area contributed by atoms with E-state index >= 15 is 0 Å². The van der Waals surface area contributed by atoms with Crippen LogP contribution < -0.4 is 0 Å². The van der Waals surface area contributed by atoms with Crippen molar-refractivity contribution in [3.8, 4) is 0 Å². The highest BCUT2D eigenvalue weighted by molar-refractivity contribution is 4.55. The van der Waals surface area contributed by atoms with Crippen LogP contribution in [0.15, 0.2) is 0 Å². The molecule has 0 saturated heterocycles. The van der Waals surface area contributed by atoms with Crippen LogP contribution in [0.4, 0.5) is 26.3 Å². The van der Waals surface area contributed by atoms with Crippen LogP contribution in [-0.4, -0.2) is 38.4 Å². The number of halogens is 6. The zero-order chi connectivity index (χ0) is 17.9. The van der Waals surface area contributed by atoms with Crippen molar-refractivity contribution in [2.75, 3.05) is 26.6 Å². The summed E-state index contributed by atoms with van der Waals surface area (Å²) >= 11 is 0. The lowest BCUT2D eigenvalue weighted by molar-refractivity contribution is -0.0147. The Morgan fingerprint density at radius 2 is 1.05 bits per heavy atom. The van der Waals surface area contributed by atoms with Gasteiger partial charge in [-0.2, -0.15) is 0 Å². The molecule has 0 radical (unpaired) electrons. The largest absolute Gasteiger partial charge is 0.382 e. The molecule has 21 heavy (non-hydrogen) atoms. The molecule has 0 amide bonds. The summed E-state index contributed by atoms with van der Waals surface area (Å²) in [4.78, 5) is 0. The van der Waals surface area contributed by atoms with Crippen LogP contribution >= 0.6 is 0 Å². The van der Waals surface area contributed by atoms with Gasteiger partial charge in [0.05, 0.1) is 20.0 Å². The van der Waals surface area contributed by atoms with Crippen molar-refractivity contribution in [1.82, 2.24) is 0 Å². The average Bonchev–Trinajstić information content (AvgIpc) is 2.30. The maximum atomic E-state index is 12.0. The highest BCUT2D eigenvalue weighted by Gasteiger charge is 2.19. The first-order chi connectivity index (χ1) is 9.45. The van der Waals surface area contributed by atoms with Crippen molar-refractivity contribution < 1.29 is 31.1 Å². The highest BCUT2D eigenvalue weighted by Crippen LogP contribution is 2.15. The molecule has 0 heterocycles. The molecule has 1 nitrogen and oxygen atoms in total. The highest BCUT2D eigenvalue weighted by atomic mass is 19.3. The summed E-state index contributed by atoms with van der Waals surface area (Å²) in [5.41, 5.74) is 0. The Bertz CT molecular complexity index is 164. The first-order valence-electron chi connectivity index (χ1n) is 6.90. The molecule has 0 unspecified atom stereocenters. The third-order valence-electron chi connectivity index (χ3n) is 1.51. The number of ether oxygens (including phenoxy) is 1. The van der Waals surface area contributed by atoms with E-state index in [4.69, 9.17) is 4.74 Å². The van der Waals surface area contributed by atoms with E-state index in [2.05, 4.69) is 0 Å². The molecule has 0 fully saturated rings. The van der Waals surface area contributed by atoms with E-state index in [0.717, 1.165) is 13.8 Å². The first-order valence-corrected chi connectivity index (χ1v) is 6.90. The van der Waals surface area contributed by atoms with Crippen molar-refractivity contribution in [3.63, 3.8) is 0 Å². The molecule has 134 valence electrons. The van der Waals surface area contributed by atoms with Gasteiger partial charge < -0.3 is 4.74 Å². The normalized spacial score (nSPS) is 10.3. The molecule has 0 aliphatic rings. The quantitative estimate of drug-likeness (QED) is 0.439. The average molecular weight is 328 g/mol. The van der Waals surface area contributed by atoms with Crippen molar-refractivity contribution >= 4 is 0 Å². The Morgan fingerprint density at radius 3 is 1.19 bits per heavy atom. The van der Waals surface area contributed by atoms with Gasteiger partial charge in [-0.3, -0.25) is 8.78 Å². The van der Waals surface area contributed by atoms with Gasteiger partial charge in [0.2, 0.25) is 11.8 Å². The summed E-state index contributed by atoms with van der Waals surface area (Å²) in [7, 11) is 0. The topological polar surface area (TPSA) is 9.23 Å². The predicted octanol–water partition coefficient (Wildman–Crippen LogP) is 6.07. The van der Waals surface area contributed by atoms with E-state index in [1.54, 1.807) is 6.92 Å². The van der Waals surface area contributed by atoms with E-state index in [-0.39, 0.29) is 32.8 Å². The van der Waals surface area contributed by atoms with Gasteiger partial charge in [0.15, 0.2) is 0 Å². The summed E-state index contributed by atoms with van der Waals surface area (Å²) in [6.07, 6.45) is -0.242. The fourth-order valence-electron chi connectivity index (χ4n) is 0.396. The van der Waals surface area contributed by atoms with Crippen molar-refractivity contribution in [1.29, 1.82) is 0 Å². The number of hydrogen-bond donors (Lipinski definition) is 0. The van der Waals surface area contributed by atoms with E-state index in [9.17, 15) is 26.3 Å². The molecular formula is C14H30F6O. The minimum absolute atomic E-state index is 0.0625. The van der Waals surface area contributed by atoms with Gasteiger partial charge in [0, 0.05) is 19.4 Å². The van der Waals surface area contributed by atoms with Gasteiger partial charge in [-0.25, -0.2) is 17.6 Å². The Hall–Kier alpha value is -0.460. The maximum absolute atomic E-state index is 12.0. The Kier molecular flexibility index (Phi) is 26.7. The molecule has 7 heteroatoms.